The van der Waals surface area contributed by atoms with Gasteiger partial charge in [-0.15, -0.1) is 0 Å². The second-order valence-corrected chi connectivity index (χ2v) is 7.59. The first kappa shape index (κ1) is 20.6. The van der Waals surface area contributed by atoms with Crippen LogP contribution in [0.5, 0.6) is 0 Å². The Morgan fingerprint density at radius 1 is 0.654 bits per heavy atom. The van der Waals surface area contributed by atoms with Crippen LogP contribution in [-0.4, -0.2) is 11.6 Å². The molecule has 0 fully saturated rings. The molecule has 0 aliphatic heterocycles. The van der Waals surface area contributed by atoms with Gasteiger partial charge in [0.2, 0.25) is 0 Å². The Labute approximate surface area is 159 Å². The summed E-state index contributed by atoms with van der Waals surface area (Å²) in [6.07, 6.45) is 15.0. The summed E-state index contributed by atoms with van der Waals surface area (Å²) in [5, 5.41) is 0. The summed E-state index contributed by atoms with van der Waals surface area (Å²) in [5.74, 6) is 0.0862. The minimum atomic E-state index is 0.0262. The molecule has 2 heteroatoms. The van der Waals surface area contributed by atoms with Crippen LogP contribution in [0, 0.1) is 0 Å². The average molecular weight is 355 g/mol. The number of fused-ring (bicyclic) bond motifs is 1. The molecule has 1 aromatic rings. The van der Waals surface area contributed by atoms with Crippen LogP contribution in [-0.2, 0) is 0 Å². The summed E-state index contributed by atoms with van der Waals surface area (Å²) < 4.78 is 0. The van der Waals surface area contributed by atoms with Crippen LogP contribution in [0.1, 0.15) is 112 Å². The van der Waals surface area contributed by atoms with Crippen LogP contribution in [0.15, 0.2) is 35.4 Å². The number of rotatable bonds is 12. The lowest BCUT2D eigenvalue weighted by atomic mass is 9.82. The molecule has 0 unspecified atom stereocenters. The van der Waals surface area contributed by atoms with E-state index in [0.717, 1.165) is 24.8 Å². The Hall–Kier alpha value is -1.70. The smallest absolute Gasteiger partial charge is 0.190 e. The van der Waals surface area contributed by atoms with E-state index in [1.165, 1.54) is 57.8 Å². The lowest BCUT2D eigenvalue weighted by Crippen LogP contribution is -2.20. The number of allylic oxidation sites excluding steroid dienone is 2. The van der Waals surface area contributed by atoms with Gasteiger partial charge in [-0.3, -0.25) is 9.59 Å². The van der Waals surface area contributed by atoms with Gasteiger partial charge in [-0.1, -0.05) is 95.4 Å². The first-order valence-electron chi connectivity index (χ1n) is 10.5. The van der Waals surface area contributed by atoms with Gasteiger partial charge in [0, 0.05) is 22.3 Å². The summed E-state index contributed by atoms with van der Waals surface area (Å²) in [4.78, 5) is 25.1. The molecule has 0 radical (unpaired) electrons. The fraction of sp³-hybridized carbons (Fsp3) is 0.583. The molecule has 142 valence electrons. The Morgan fingerprint density at radius 3 is 1.65 bits per heavy atom. The molecule has 1 aliphatic rings. The quantitative estimate of drug-likeness (QED) is 0.376. The zero-order valence-corrected chi connectivity index (χ0v) is 16.6. The maximum absolute atomic E-state index is 12.7. The topological polar surface area (TPSA) is 34.1 Å². The monoisotopic (exact) mass is 354 g/mol. The first-order chi connectivity index (χ1) is 12.7. The third-order valence-electron chi connectivity index (χ3n) is 5.51. The third-order valence-corrected chi connectivity index (χ3v) is 5.51. The standard InChI is InChI=1S/C24H34O2/c1-3-4-5-6-7-8-9-10-11-12-13-16-20-19(2)23(25)21-17-14-15-18-22(21)24(20)26/h14-15,17-18H,3-13,16H2,1-2H3. The minimum absolute atomic E-state index is 0.0262. The van der Waals surface area contributed by atoms with Gasteiger partial charge in [-0.2, -0.15) is 0 Å². The van der Waals surface area contributed by atoms with Crippen molar-refractivity contribution in [1.82, 2.24) is 0 Å². The Kier molecular flexibility index (Phi) is 8.80. The van der Waals surface area contributed by atoms with Crippen molar-refractivity contribution in [2.75, 3.05) is 0 Å². The molecule has 0 atom stereocenters. The molecule has 1 aromatic carbocycles. The number of ketones is 2. The van der Waals surface area contributed by atoms with Gasteiger partial charge >= 0.3 is 0 Å². The first-order valence-corrected chi connectivity index (χ1v) is 10.5. The van der Waals surface area contributed by atoms with Crippen LogP contribution in [0.25, 0.3) is 0 Å². The van der Waals surface area contributed by atoms with Crippen molar-refractivity contribution in [1.29, 1.82) is 0 Å². The second kappa shape index (κ2) is 11.1. The SMILES string of the molecule is CCCCCCCCCCCCCC1=C(C)C(=O)c2ccccc2C1=O. The van der Waals surface area contributed by atoms with E-state index >= 15 is 0 Å². The molecule has 0 aromatic heterocycles. The van der Waals surface area contributed by atoms with Gasteiger partial charge in [0.15, 0.2) is 11.6 Å². The molecule has 0 N–H and O–H groups in total. The predicted molar refractivity (Wildman–Crippen MR) is 109 cm³/mol. The van der Waals surface area contributed by atoms with E-state index in [4.69, 9.17) is 0 Å². The van der Waals surface area contributed by atoms with E-state index < -0.39 is 0 Å². The molecule has 0 spiro atoms. The van der Waals surface area contributed by atoms with Crippen molar-refractivity contribution < 1.29 is 9.59 Å². The van der Waals surface area contributed by atoms with Crippen LogP contribution in [0.2, 0.25) is 0 Å². The molecule has 26 heavy (non-hydrogen) atoms. The van der Waals surface area contributed by atoms with E-state index in [2.05, 4.69) is 6.92 Å². The number of carbonyl (C=O) groups is 2. The Morgan fingerprint density at radius 2 is 1.12 bits per heavy atom. The molecule has 0 amide bonds. The number of hydrogen-bond acceptors (Lipinski definition) is 2. The fourth-order valence-corrected chi connectivity index (χ4v) is 3.82. The molecule has 0 saturated heterocycles. The number of hydrogen-bond donors (Lipinski definition) is 0. The van der Waals surface area contributed by atoms with Gasteiger partial charge in [0.25, 0.3) is 0 Å². The molecule has 0 bridgehead atoms. The molecule has 2 rings (SSSR count). The number of unbranched alkanes of at least 4 members (excludes halogenated alkanes) is 10. The largest absolute Gasteiger partial charge is 0.289 e. The van der Waals surface area contributed by atoms with Crippen LogP contribution < -0.4 is 0 Å². The summed E-state index contributed by atoms with van der Waals surface area (Å²) in [6.45, 7) is 4.07. The zero-order valence-electron chi connectivity index (χ0n) is 16.6. The highest BCUT2D eigenvalue weighted by Crippen LogP contribution is 2.29. The summed E-state index contributed by atoms with van der Waals surface area (Å²) in [6, 6.07) is 7.21. The maximum atomic E-state index is 12.7. The van der Waals surface area contributed by atoms with Gasteiger partial charge in [0.1, 0.15) is 0 Å². The van der Waals surface area contributed by atoms with Crippen LogP contribution in [0.4, 0.5) is 0 Å². The predicted octanol–water partition coefficient (Wildman–Crippen LogP) is 7.08. The Balaban J connectivity index is 1.66. The van der Waals surface area contributed by atoms with Gasteiger partial charge in [-0.25, -0.2) is 0 Å². The summed E-state index contributed by atoms with van der Waals surface area (Å²) in [5.41, 5.74) is 2.55. The molecule has 2 nitrogen and oxygen atoms in total. The van der Waals surface area contributed by atoms with Crippen molar-refractivity contribution in [3.05, 3.63) is 46.5 Å². The van der Waals surface area contributed by atoms with Crippen molar-refractivity contribution in [2.24, 2.45) is 0 Å². The number of Topliss-reactive ketones (excluding diaryl/α,β-unsaturated/α-hetero) is 2. The van der Waals surface area contributed by atoms with Gasteiger partial charge in [0.05, 0.1) is 0 Å². The molecular weight excluding hydrogens is 320 g/mol. The zero-order chi connectivity index (χ0) is 18.8. The van der Waals surface area contributed by atoms with Crippen molar-refractivity contribution >= 4 is 11.6 Å². The molecule has 1 aliphatic carbocycles. The van der Waals surface area contributed by atoms with E-state index in [1.807, 2.05) is 19.1 Å². The van der Waals surface area contributed by atoms with E-state index in [0.29, 0.717) is 16.7 Å². The van der Waals surface area contributed by atoms with Crippen molar-refractivity contribution in [3.8, 4) is 0 Å². The Bertz CT molecular complexity index is 639. The number of carbonyl (C=O) groups excluding carboxylic acids is 2. The van der Waals surface area contributed by atoms with E-state index in [-0.39, 0.29) is 11.6 Å². The maximum Gasteiger partial charge on any atom is 0.190 e. The van der Waals surface area contributed by atoms with E-state index in [9.17, 15) is 9.59 Å². The molecule has 0 saturated carbocycles. The van der Waals surface area contributed by atoms with E-state index in [1.54, 1.807) is 12.1 Å². The minimum Gasteiger partial charge on any atom is -0.289 e. The van der Waals surface area contributed by atoms with Crippen molar-refractivity contribution in [3.63, 3.8) is 0 Å². The molecular formula is C24H34O2. The van der Waals surface area contributed by atoms with Crippen LogP contribution >= 0.6 is 0 Å². The fourth-order valence-electron chi connectivity index (χ4n) is 3.82. The highest BCUT2D eigenvalue weighted by molar-refractivity contribution is 6.26. The second-order valence-electron chi connectivity index (χ2n) is 7.59. The lowest BCUT2D eigenvalue weighted by molar-refractivity contribution is 0.0971. The number of benzene rings is 1. The summed E-state index contributed by atoms with van der Waals surface area (Å²) in [7, 11) is 0. The van der Waals surface area contributed by atoms with Crippen LogP contribution in [0.3, 0.4) is 0 Å². The normalized spacial score (nSPS) is 14.1. The average Bonchev–Trinajstić information content (AvgIpc) is 2.66. The molecule has 0 heterocycles. The van der Waals surface area contributed by atoms with Crippen molar-refractivity contribution in [2.45, 2.75) is 90.9 Å². The van der Waals surface area contributed by atoms with Gasteiger partial charge < -0.3 is 0 Å². The third kappa shape index (κ3) is 5.65. The highest BCUT2D eigenvalue weighted by Gasteiger charge is 2.28. The lowest BCUT2D eigenvalue weighted by Gasteiger charge is -2.18. The van der Waals surface area contributed by atoms with Gasteiger partial charge in [-0.05, 0) is 19.8 Å². The highest BCUT2D eigenvalue weighted by atomic mass is 16.1. The summed E-state index contributed by atoms with van der Waals surface area (Å²) >= 11 is 0.